The molecule has 1 atom stereocenters. The molecule has 2 heterocycles. The van der Waals surface area contributed by atoms with Crippen LogP contribution in [0.1, 0.15) is 46.4 Å². The van der Waals surface area contributed by atoms with Gasteiger partial charge in [-0.25, -0.2) is 4.98 Å². The Hall–Kier alpha value is -2.67. The number of carbonyl (C=O) groups excluding carboxylic acids is 1. The number of fused-ring (bicyclic) bond motifs is 1. The quantitative estimate of drug-likeness (QED) is 0.509. The molecule has 138 valence electrons. The van der Waals surface area contributed by atoms with E-state index in [1.165, 1.54) is 11.1 Å². The fourth-order valence-corrected chi connectivity index (χ4v) is 3.21. The maximum atomic E-state index is 12.3. The maximum Gasteiger partial charge on any atom is 0.241 e. The van der Waals surface area contributed by atoms with Gasteiger partial charge in [-0.1, -0.05) is 6.07 Å². The Morgan fingerprint density at radius 3 is 2.73 bits per heavy atom. The smallest absolute Gasteiger partial charge is 0.241 e. The summed E-state index contributed by atoms with van der Waals surface area (Å²) in [7, 11) is 0. The third-order valence-corrected chi connectivity index (χ3v) is 4.90. The zero-order valence-corrected chi connectivity index (χ0v) is 15.7. The molecule has 1 amide bonds. The topological polar surface area (TPSA) is 112 Å². The number of hydrogen-bond acceptors (Lipinski definition) is 4. The number of nitrogens with two attached hydrogens (primary N) is 1. The molecule has 0 aliphatic rings. The summed E-state index contributed by atoms with van der Waals surface area (Å²) < 4.78 is 0. The van der Waals surface area contributed by atoms with E-state index in [1.807, 2.05) is 13.8 Å². The van der Waals surface area contributed by atoms with E-state index in [4.69, 9.17) is 5.73 Å². The lowest BCUT2D eigenvalue weighted by molar-refractivity contribution is -0.122. The first kappa shape index (κ1) is 18.1. The molecule has 3 aromatic rings. The van der Waals surface area contributed by atoms with Gasteiger partial charge in [-0.2, -0.15) is 5.10 Å². The number of hydrogen-bond donors (Lipinski definition) is 4. The summed E-state index contributed by atoms with van der Waals surface area (Å²) in [6.07, 6.45) is 1.56. The highest BCUT2D eigenvalue weighted by molar-refractivity contribution is 5.83. The Morgan fingerprint density at radius 1 is 1.27 bits per heavy atom. The molecule has 0 aliphatic carbocycles. The van der Waals surface area contributed by atoms with Gasteiger partial charge in [0, 0.05) is 24.2 Å². The number of nitrogens with zero attached hydrogens (tertiary/aromatic N) is 2. The summed E-state index contributed by atoms with van der Waals surface area (Å²) in [5.41, 5.74) is 13.0. The van der Waals surface area contributed by atoms with Crippen LogP contribution in [0.4, 0.5) is 0 Å². The number of H-pyrrole nitrogens is 2. The summed E-state index contributed by atoms with van der Waals surface area (Å²) in [5.74, 6) is 0.752. The Labute approximate surface area is 152 Å². The highest BCUT2D eigenvalue weighted by Crippen LogP contribution is 2.20. The van der Waals surface area contributed by atoms with Gasteiger partial charge in [-0.15, -0.1) is 0 Å². The SMILES string of the molecule is Cc1ccc2[nH]c(CCCNC(=O)C(N)c3c(C)n[nH]c3C)nc2c1C. The largest absolute Gasteiger partial charge is 0.354 e. The van der Waals surface area contributed by atoms with E-state index < -0.39 is 6.04 Å². The van der Waals surface area contributed by atoms with Crippen LogP contribution in [0, 0.1) is 27.7 Å². The number of carbonyl (C=O) groups is 1. The average molecular weight is 354 g/mol. The normalized spacial score (nSPS) is 12.5. The zero-order valence-electron chi connectivity index (χ0n) is 15.7. The molecule has 0 spiro atoms. The van der Waals surface area contributed by atoms with Crippen molar-refractivity contribution in [1.82, 2.24) is 25.5 Å². The van der Waals surface area contributed by atoms with E-state index in [-0.39, 0.29) is 5.91 Å². The fraction of sp³-hybridized carbons (Fsp3) is 0.421. The molecule has 7 heteroatoms. The summed E-state index contributed by atoms with van der Waals surface area (Å²) >= 11 is 0. The molecule has 0 aliphatic heterocycles. The molecular weight excluding hydrogens is 328 g/mol. The van der Waals surface area contributed by atoms with Crippen LogP contribution in [0.3, 0.4) is 0 Å². The molecule has 3 rings (SSSR count). The van der Waals surface area contributed by atoms with E-state index in [2.05, 4.69) is 51.5 Å². The van der Waals surface area contributed by atoms with E-state index in [0.29, 0.717) is 6.54 Å². The third kappa shape index (κ3) is 3.48. The molecule has 1 aromatic carbocycles. The van der Waals surface area contributed by atoms with Crippen LogP contribution in [0.15, 0.2) is 12.1 Å². The number of nitrogens with one attached hydrogen (secondary N) is 3. The molecule has 0 saturated carbocycles. The minimum absolute atomic E-state index is 0.186. The number of imidazole rings is 1. The fourth-order valence-electron chi connectivity index (χ4n) is 3.21. The number of aromatic nitrogens is 4. The van der Waals surface area contributed by atoms with Gasteiger partial charge in [0.05, 0.1) is 16.7 Å². The van der Waals surface area contributed by atoms with E-state index >= 15 is 0 Å². The third-order valence-electron chi connectivity index (χ3n) is 4.90. The highest BCUT2D eigenvalue weighted by atomic mass is 16.2. The lowest BCUT2D eigenvalue weighted by Crippen LogP contribution is -2.35. The van der Waals surface area contributed by atoms with Crippen LogP contribution < -0.4 is 11.1 Å². The number of benzene rings is 1. The summed E-state index contributed by atoms with van der Waals surface area (Å²) in [6.45, 7) is 8.44. The Bertz CT molecular complexity index is 920. The first-order valence-corrected chi connectivity index (χ1v) is 8.88. The van der Waals surface area contributed by atoms with Gasteiger partial charge >= 0.3 is 0 Å². The van der Waals surface area contributed by atoms with Gasteiger partial charge in [0.2, 0.25) is 5.91 Å². The van der Waals surface area contributed by atoms with Crippen molar-refractivity contribution in [2.24, 2.45) is 5.73 Å². The minimum atomic E-state index is -0.703. The number of aromatic amines is 2. The summed E-state index contributed by atoms with van der Waals surface area (Å²) in [6, 6.07) is 3.46. The van der Waals surface area contributed by atoms with Gasteiger partial charge in [-0.3, -0.25) is 9.89 Å². The van der Waals surface area contributed by atoms with Gasteiger partial charge in [0.25, 0.3) is 0 Å². The molecule has 0 fully saturated rings. The van der Waals surface area contributed by atoms with Crippen LogP contribution in [-0.2, 0) is 11.2 Å². The van der Waals surface area contributed by atoms with Crippen LogP contribution in [0.5, 0.6) is 0 Å². The maximum absolute atomic E-state index is 12.3. The second kappa shape index (κ2) is 7.29. The number of rotatable bonds is 6. The second-order valence-corrected chi connectivity index (χ2v) is 6.81. The number of amides is 1. The molecule has 5 N–H and O–H groups in total. The molecule has 7 nitrogen and oxygen atoms in total. The lowest BCUT2D eigenvalue weighted by Gasteiger charge is -2.12. The van der Waals surface area contributed by atoms with Crippen molar-refractivity contribution in [2.75, 3.05) is 6.54 Å². The van der Waals surface area contributed by atoms with Crippen molar-refractivity contribution in [3.8, 4) is 0 Å². The average Bonchev–Trinajstić information content (AvgIpc) is 3.18. The van der Waals surface area contributed by atoms with Gasteiger partial charge in [0.1, 0.15) is 11.9 Å². The van der Waals surface area contributed by atoms with Gasteiger partial charge in [0.15, 0.2) is 0 Å². The molecule has 0 saturated heterocycles. The Kier molecular flexibility index (Phi) is 5.08. The minimum Gasteiger partial charge on any atom is -0.354 e. The monoisotopic (exact) mass is 354 g/mol. The Balaban J connectivity index is 1.54. The molecule has 0 bridgehead atoms. The van der Waals surface area contributed by atoms with Crippen molar-refractivity contribution < 1.29 is 4.79 Å². The van der Waals surface area contributed by atoms with E-state index in [1.54, 1.807) is 0 Å². The molecule has 1 unspecified atom stereocenters. The molecule has 0 radical (unpaired) electrons. The van der Waals surface area contributed by atoms with Crippen molar-refractivity contribution in [1.29, 1.82) is 0 Å². The van der Waals surface area contributed by atoms with Crippen molar-refractivity contribution in [2.45, 2.75) is 46.6 Å². The molecule has 2 aromatic heterocycles. The van der Waals surface area contributed by atoms with Crippen LogP contribution in [0.25, 0.3) is 11.0 Å². The van der Waals surface area contributed by atoms with Crippen LogP contribution >= 0.6 is 0 Å². The van der Waals surface area contributed by atoms with E-state index in [9.17, 15) is 4.79 Å². The first-order chi connectivity index (χ1) is 12.4. The Morgan fingerprint density at radius 2 is 2.04 bits per heavy atom. The van der Waals surface area contributed by atoms with Crippen LogP contribution in [0.2, 0.25) is 0 Å². The van der Waals surface area contributed by atoms with E-state index in [0.717, 1.165) is 46.7 Å². The highest BCUT2D eigenvalue weighted by Gasteiger charge is 2.21. The summed E-state index contributed by atoms with van der Waals surface area (Å²) in [5, 5.41) is 9.85. The number of aryl methyl sites for hydroxylation is 5. The predicted octanol–water partition coefficient (Wildman–Crippen LogP) is 2.27. The summed E-state index contributed by atoms with van der Waals surface area (Å²) in [4.78, 5) is 20.3. The van der Waals surface area contributed by atoms with Gasteiger partial charge < -0.3 is 16.0 Å². The van der Waals surface area contributed by atoms with Crippen molar-refractivity contribution in [3.05, 3.63) is 46.0 Å². The standard InChI is InChI=1S/C19H26N6O/c1-10-7-8-14-18(11(10)2)23-15(22-14)6-5-9-21-19(26)17(20)16-12(3)24-25-13(16)4/h7-8,17H,5-6,9,20H2,1-4H3,(H,21,26)(H,22,23)(H,24,25). The second-order valence-electron chi connectivity index (χ2n) is 6.81. The zero-order chi connectivity index (χ0) is 18.8. The first-order valence-electron chi connectivity index (χ1n) is 8.88. The van der Waals surface area contributed by atoms with Crippen LogP contribution in [-0.4, -0.2) is 32.6 Å². The molecule has 26 heavy (non-hydrogen) atoms. The van der Waals surface area contributed by atoms with Crippen molar-refractivity contribution in [3.63, 3.8) is 0 Å². The van der Waals surface area contributed by atoms with Gasteiger partial charge in [-0.05, 0) is 51.3 Å². The predicted molar refractivity (Wildman–Crippen MR) is 102 cm³/mol. The van der Waals surface area contributed by atoms with Crippen molar-refractivity contribution >= 4 is 16.9 Å². The molecular formula is C19H26N6O. The lowest BCUT2D eigenvalue weighted by atomic mass is 10.1.